The van der Waals surface area contributed by atoms with E-state index in [-0.39, 0.29) is 11.9 Å². The third-order valence-corrected chi connectivity index (χ3v) is 5.04. The van der Waals surface area contributed by atoms with Gasteiger partial charge in [-0.2, -0.15) is 0 Å². The van der Waals surface area contributed by atoms with Crippen LogP contribution in [0, 0.1) is 5.82 Å². The first kappa shape index (κ1) is 16.8. The van der Waals surface area contributed by atoms with E-state index in [1.165, 1.54) is 12.1 Å². The number of nitrogens with two attached hydrogens (primary N) is 1. The van der Waals surface area contributed by atoms with Crippen molar-refractivity contribution in [1.82, 2.24) is 5.32 Å². The van der Waals surface area contributed by atoms with Gasteiger partial charge in [-0.3, -0.25) is 4.79 Å². The molecule has 0 saturated carbocycles. The van der Waals surface area contributed by atoms with Gasteiger partial charge in [0.15, 0.2) is 0 Å². The molecular formula is C18H19FN2O2S. The van der Waals surface area contributed by atoms with Crippen molar-refractivity contribution in [3.8, 4) is 5.75 Å². The summed E-state index contributed by atoms with van der Waals surface area (Å²) < 4.78 is 18.9. The van der Waals surface area contributed by atoms with Gasteiger partial charge in [0.05, 0.1) is 6.04 Å². The van der Waals surface area contributed by atoms with Crippen LogP contribution in [0.2, 0.25) is 0 Å². The molecule has 1 heterocycles. The van der Waals surface area contributed by atoms with Gasteiger partial charge in [0.2, 0.25) is 5.91 Å². The Balaban J connectivity index is 1.57. The summed E-state index contributed by atoms with van der Waals surface area (Å²) in [6.45, 7) is 0.524. The van der Waals surface area contributed by atoms with Gasteiger partial charge in [0.1, 0.15) is 17.7 Å². The molecule has 1 amide bonds. The lowest BCUT2D eigenvalue weighted by Gasteiger charge is -2.27. The minimum Gasteiger partial charge on any atom is -0.487 e. The predicted octanol–water partition coefficient (Wildman–Crippen LogP) is 2.37. The largest absolute Gasteiger partial charge is 0.487 e. The van der Waals surface area contributed by atoms with Crippen molar-refractivity contribution in [3.63, 3.8) is 0 Å². The van der Waals surface area contributed by atoms with E-state index in [1.807, 2.05) is 24.3 Å². The normalized spacial score (nSPS) is 17.6. The summed E-state index contributed by atoms with van der Waals surface area (Å²) in [5.74, 6) is 0.956. The third-order valence-electron chi connectivity index (χ3n) is 3.86. The highest BCUT2D eigenvalue weighted by atomic mass is 32.2. The third kappa shape index (κ3) is 4.27. The number of hydrogen-bond acceptors (Lipinski definition) is 4. The van der Waals surface area contributed by atoms with E-state index in [2.05, 4.69) is 5.32 Å². The number of carbonyl (C=O) groups excluding carboxylic acids is 1. The Hall–Kier alpha value is -2.05. The summed E-state index contributed by atoms with van der Waals surface area (Å²) in [5.41, 5.74) is 6.34. The molecule has 3 N–H and O–H groups in total. The molecule has 0 aliphatic carbocycles. The summed E-state index contributed by atoms with van der Waals surface area (Å²) in [6, 6.07) is 13.5. The number of halogens is 1. The highest BCUT2D eigenvalue weighted by Crippen LogP contribution is 2.34. The number of benzene rings is 2. The van der Waals surface area contributed by atoms with Crippen LogP contribution in [-0.4, -0.2) is 30.4 Å². The molecule has 0 saturated heterocycles. The second-order valence-corrected chi connectivity index (χ2v) is 6.75. The van der Waals surface area contributed by atoms with Crippen LogP contribution in [0.25, 0.3) is 0 Å². The summed E-state index contributed by atoms with van der Waals surface area (Å²) in [6.07, 6.45) is 0.395. The van der Waals surface area contributed by atoms with E-state index in [4.69, 9.17) is 10.5 Å². The molecule has 2 atom stereocenters. The van der Waals surface area contributed by atoms with Gasteiger partial charge in [-0.1, -0.05) is 24.3 Å². The van der Waals surface area contributed by atoms with Gasteiger partial charge >= 0.3 is 0 Å². The Morgan fingerprint density at radius 1 is 1.29 bits per heavy atom. The zero-order valence-electron chi connectivity index (χ0n) is 13.1. The van der Waals surface area contributed by atoms with E-state index < -0.39 is 11.9 Å². The fraction of sp³-hybridized carbons (Fsp3) is 0.278. The quantitative estimate of drug-likeness (QED) is 0.843. The molecule has 4 nitrogen and oxygen atoms in total. The Kier molecular flexibility index (Phi) is 5.37. The molecule has 2 aromatic carbocycles. The molecule has 1 aliphatic heterocycles. The number of nitrogens with one attached hydrogen (secondary N) is 1. The monoisotopic (exact) mass is 346 g/mol. The van der Waals surface area contributed by atoms with Crippen LogP contribution >= 0.6 is 11.8 Å². The van der Waals surface area contributed by atoms with Crippen LogP contribution < -0.4 is 15.8 Å². The summed E-state index contributed by atoms with van der Waals surface area (Å²) >= 11 is 1.74. The molecule has 24 heavy (non-hydrogen) atoms. The minimum absolute atomic E-state index is 0.0278. The number of para-hydroxylation sites is 1. The van der Waals surface area contributed by atoms with Crippen LogP contribution in [0.15, 0.2) is 53.4 Å². The fourth-order valence-electron chi connectivity index (χ4n) is 2.57. The van der Waals surface area contributed by atoms with Crippen LogP contribution in [0.1, 0.15) is 5.56 Å². The molecule has 126 valence electrons. The molecule has 3 rings (SSSR count). The summed E-state index contributed by atoms with van der Waals surface area (Å²) in [7, 11) is 0. The lowest BCUT2D eigenvalue weighted by Crippen LogP contribution is -2.47. The Morgan fingerprint density at radius 3 is 2.79 bits per heavy atom. The van der Waals surface area contributed by atoms with E-state index in [0.29, 0.717) is 13.0 Å². The first-order valence-corrected chi connectivity index (χ1v) is 8.76. The Morgan fingerprint density at radius 2 is 2.04 bits per heavy atom. The van der Waals surface area contributed by atoms with E-state index in [1.54, 1.807) is 23.9 Å². The van der Waals surface area contributed by atoms with Crippen molar-refractivity contribution in [1.29, 1.82) is 0 Å². The molecular weight excluding hydrogens is 327 g/mol. The Labute approximate surface area is 144 Å². The lowest BCUT2D eigenvalue weighted by molar-refractivity contribution is -0.120. The first-order valence-electron chi connectivity index (χ1n) is 7.77. The number of rotatable bonds is 6. The topological polar surface area (TPSA) is 64.4 Å². The molecule has 2 aromatic rings. The molecule has 0 fully saturated rings. The SMILES string of the molecule is NC(=O)C(Cc1ccc(F)cc1)NCC1CSc2ccccc2O1. The Bertz CT molecular complexity index is 708. The van der Waals surface area contributed by atoms with Crippen molar-refractivity contribution in [2.24, 2.45) is 5.73 Å². The molecule has 1 aliphatic rings. The van der Waals surface area contributed by atoms with Crippen LogP contribution in [0.5, 0.6) is 5.75 Å². The zero-order chi connectivity index (χ0) is 16.9. The predicted molar refractivity (Wildman–Crippen MR) is 92.7 cm³/mol. The van der Waals surface area contributed by atoms with Crippen LogP contribution in [0.4, 0.5) is 4.39 Å². The minimum atomic E-state index is -0.513. The van der Waals surface area contributed by atoms with Gasteiger partial charge in [-0.15, -0.1) is 11.8 Å². The zero-order valence-corrected chi connectivity index (χ0v) is 13.9. The van der Waals surface area contributed by atoms with Gasteiger partial charge in [-0.25, -0.2) is 4.39 Å². The smallest absolute Gasteiger partial charge is 0.234 e. The molecule has 6 heteroatoms. The van der Waals surface area contributed by atoms with Crippen LogP contribution in [-0.2, 0) is 11.2 Å². The second-order valence-electron chi connectivity index (χ2n) is 5.69. The van der Waals surface area contributed by atoms with E-state index in [9.17, 15) is 9.18 Å². The fourth-order valence-corrected chi connectivity index (χ4v) is 3.55. The number of carbonyl (C=O) groups is 1. The standard InChI is InChI=1S/C18H19FN2O2S/c19-13-7-5-12(6-8-13)9-15(18(20)22)21-10-14-11-24-17-4-2-1-3-16(17)23-14/h1-8,14-15,21H,9-11H2,(H2,20,22). The number of amides is 1. The van der Waals surface area contributed by atoms with Gasteiger partial charge < -0.3 is 15.8 Å². The van der Waals surface area contributed by atoms with Crippen molar-refractivity contribution in [2.45, 2.75) is 23.5 Å². The highest BCUT2D eigenvalue weighted by Gasteiger charge is 2.22. The van der Waals surface area contributed by atoms with Crippen molar-refractivity contribution < 1.29 is 13.9 Å². The van der Waals surface area contributed by atoms with E-state index >= 15 is 0 Å². The van der Waals surface area contributed by atoms with E-state index in [0.717, 1.165) is 22.0 Å². The van der Waals surface area contributed by atoms with Crippen molar-refractivity contribution >= 4 is 17.7 Å². The van der Waals surface area contributed by atoms with Crippen LogP contribution in [0.3, 0.4) is 0 Å². The van der Waals surface area contributed by atoms with Crippen molar-refractivity contribution in [2.75, 3.05) is 12.3 Å². The molecule has 0 bridgehead atoms. The van der Waals surface area contributed by atoms with Crippen molar-refractivity contribution in [3.05, 3.63) is 59.9 Å². The molecule has 2 unspecified atom stereocenters. The molecule has 0 spiro atoms. The number of fused-ring (bicyclic) bond motifs is 1. The average molecular weight is 346 g/mol. The highest BCUT2D eigenvalue weighted by molar-refractivity contribution is 7.99. The van der Waals surface area contributed by atoms with Gasteiger partial charge in [0, 0.05) is 17.2 Å². The summed E-state index contributed by atoms with van der Waals surface area (Å²) in [4.78, 5) is 12.8. The summed E-state index contributed by atoms with van der Waals surface area (Å²) in [5, 5.41) is 3.18. The maximum absolute atomic E-state index is 13.0. The lowest BCUT2D eigenvalue weighted by atomic mass is 10.1. The van der Waals surface area contributed by atoms with Gasteiger partial charge in [0.25, 0.3) is 0 Å². The first-order chi connectivity index (χ1) is 11.6. The number of thioether (sulfide) groups is 1. The number of hydrogen-bond donors (Lipinski definition) is 2. The van der Waals surface area contributed by atoms with Gasteiger partial charge in [-0.05, 0) is 36.2 Å². The molecule has 0 aromatic heterocycles. The average Bonchev–Trinajstić information content (AvgIpc) is 2.60. The number of primary amides is 1. The maximum Gasteiger partial charge on any atom is 0.234 e. The molecule has 0 radical (unpaired) electrons. The number of ether oxygens (including phenoxy) is 1. The maximum atomic E-state index is 13.0. The second kappa shape index (κ2) is 7.68.